The van der Waals surface area contributed by atoms with E-state index in [2.05, 4.69) is 5.16 Å². The molecule has 0 unspecified atom stereocenters. The Hall–Kier alpha value is -2.93. The third-order valence-corrected chi connectivity index (χ3v) is 5.79. The number of carbonyl (C=O) groups is 2. The number of aromatic nitrogens is 1. The molecule has 0 N–H and O–H groups in total. The number of nitrogens with zero attached hydrogens (tertiary/aromatic N) is 3. The highest BCUT2D eigenvalue weighted by molar-refractivity contribution is 6.03. The number of rotatable bonds is 5. The fraction of sp³-hybridized carbons (Fsp3) is 0.348. The molecule has 1 saturated heterocycles. The molecule has 1 fully saturated rings. The van der Waals surface area contributed by atoms with Crippen LogP contribution in [0.2, 0.25) is 0 Å². The molecule has 164 valence electrons. The van der Waals surface area contributed by atoms with Gasteiger partial charge in [0.1, 0.15) is 5.82 Å². The second-order valence-corrected chi connectivity index (χ2v) is 7.79. The van der Waals surface area contributed by atoms with Gasteiger partial charge in [-0.2, -0.15) is 0 Å². The van der Waals surface area contributed by atoms with E-state index in [9.17, 15) is 14.0 Å². The number of piperidine rings is 1. The molecule has 2 aromatic carbocycles. The summed E-state index contributed by atoms with van der Waals surface area (Å²) in [5.74, 6) is -0.100. The smallest absolute Gasteiger partial charge is 0.276 e. The van der Waals surface area contributed by atoms with Crippen molar-refractivity contribution in [1.82, 2.24) is 15.0 Å². The van der Waals surface area contributed by atoms with Crippen molar-refractivity contribution >= 4 is 35.2 Å². The number of halogens is 2. The van der Waals surface area contributed by atoms with Crippen molar-refractivity contribution in [2.24, 2.45) is 5.92 Å². The molecule has 31 heavy (non-hydrogen) atoms. The Morgan fingerprint density at radius 2 is 1.81 bits per heavy atom. The molecule has 1 aliphatic heterocycles. The molecule has 1 aromatic heterocycles. The molecule has 0 bridgehead atoms. The third kappa shape index (κ3) is 5.05. The Morgan fingerprint density at radius 3 is 2.52 bits per heavy atom. The van der Waals surface area contributed by atoms with Gasteiger partial charge in [-0.1, -0.05) is 17.3 Å². The molecule has 3 aromatic rings. The van der Waals surface area contributed by atoms with Gasteiger partial charge in [0.2, 0.25) is 0 Å². The maximum Gasteiger partial charge on any atom is 0.276 e. The minimum absolute atomic E-state index is 0. The highest BCUT2D eigenvalue weighted by Crippen LogP contribution is 2.23. The number of amides is 2. The standard InChI is InChI=1S/C23H24FN3O3.ClH/c1-26(23(29)21-19-4-2-3-5-20(19)30-25-21)13-10-16-11-14-27(15-12-16)22(28)17-6-8-18(24)9-7-17;/h2-9,16H,10-15H2,1H3;1H. The molecule has 6 nitrogen and oxygen atoms in total. The molecule has 2 amide bonds. The van der Waals surface area contributed by atoms with Crippen molar-refractivity contribution in [3.05, 3.63) is 65.6 Å². The zero-order valence-corrected chi connectivity index (χ0v) is 18.1. The quantitative estimate of drug-likeness (QED) is 0.583. The van der Waals surface area contributed by atoms with Crippen LogP contribution in [0.25, 0.3) is 11.0 Å². The highest BCUT2D eigenvalue weighted by atomic mass is 35.5. The van der Waals surface area contributed by atoms with E-state index in [1.165, 1.54) is 24.3 Å². The first-order valence-electron chi connectivity index (χ1n) is 10.2. The van der Waals surface area contributed by atoms with Crippen LogP contribution >= 0.6 is 12.4 Å². The molecule has 0 aliphatic carbocycles. The Labute approximate surface area is 186 Å². The SMILES string of the molecule is CN(CCC1CCN(C(=O)c2ccc(F)cc2)CC1)C(=O)c1noc2ccccc12.Cl. The summed E-state index contributed by atoms with van der Waals surface area (Å²) in [6.07, 6.45) is 2.65. The minimum Gasteiger partial charge on any atom is -0.355 e. The second-order valence-electron chi connectivity index (χ2n) is 7.79. The van der Waals surface area contributed by atoms with Crippen LogP contribution in [0.4, 0.5) is 4.39 Å². The van der Waals surface area contributed by atoms with Gasteiger partial charge in [0.25, 0.3) is 11.8 Å². The molecule has 4 rings (SSSR count). The number of carbonyl (C=O) groups excluding carboxylic acids is 2. The lowest BCUT2D eigenvalue weighted by molar-refractivity contribution is 0.0675. The molecular formula is C23H25ClFN3O3. The summed E-state index contributed by atoms with van der Waals surface area (Å²) in [6.45, 7) is 1.97. The molecule has 0 saturated carbocycles. The first-order chi connectivity index (χ1) is 14.5. The maximum absolute atomic E-state index is 13.1. The summed E-state index contributed by atoms with van der Waals surface area (Å²) in [5.41, 5.74) is 1.46. The number of likely N-dealkylation sites (tertiary alicyclic amines) is 1. The second kappa shape index (κ2) is 9.92. The van der Waals surface area contributed by atoms with E-state index in [0.29, 0.717) is 42.4 Å². The minimum atomic E-state index is -0.345. The molecule has 0 spiro atoms. The number of fused-ring (bicyclic) bond motifs is 1. The fourth-order valence-electron chi connectivity index (χ4n) is 3.90. The van der Waals surface area contributed by atoms with Gasteiger partial charge in [0, 0.05) is 32.2 Å². The lowest BCUT2D eigenvalue weighted by atomic mass is 9.93. The van der Waals surface area contributed by atoms with Gasteiger partial charge < -0.3 is 14.3 Å². The topological polar surface area (TPSA) is 66.7 Å². The largest absolute Gasteiger partial charge is 0.355 e. The first-order valence-corrected chi connectivity index (χ1v) is 10.2. The lowest BCUT2D eigenvalue weighted by Crippen LogP contribution is -2.39. The fourth-order valence-corrected chi connectivity index (χ4v) is 3.90. The average Bonchev–Trinajstić information content (AvgIpc) is 3.21. The summed E-state index contributed by atoms with van der Waals surface area (Å²) in [4.78, 5) is 28.8. The van der Waals surface area contributed by atoms with Crippen molar-refractivity contribution in [2.45, 2.75) is 19.3 Å². The summed E-state index contributed by atoms with van der Waals surface area (Å²) in [6, 6.07) is 13.0. The van der Waals surface area contributed by atoms with Gasteiger partial charge in [0.15, 0.2) is 11.3 Å². The van der Waals surface area contributed by atoms with Gasteiger partial charge in [-0.3, -0.25) is 9.59 Å². The van der Waals surface area contributed by atoms with E-state index in [4.69, 9.17) is 4.52 Å². The van der Waals surface area contributed by atoms with Crippen molar-refractivity contribution < 1.29 is 18.5 Å². The average molecular weight is 446 g/mol. The van der Waals surface area contributed by atoms with E-state index in [-0.39, 0.29) is 30.0 Å². The summed E-state index contributed by atoms with van der Waals surface area (Å²) < 4.78 is 18.3. The van der Waals surface area contributed by atoms with Crippen molar-refractivity contribution in [1.29, 1.82) is 0 Å². The van der Waals surface area contributed by atoms with Crippen LogP contribution in [0, 0.1) is 11.7 Å². The molecule has 0 radical (unpaired) electrons. The van der Waals surface area contributed by atoms with Crippen LogP contribution in [-0.4, -0.2) is 53.5 Å². The monoisotopic (exact) mass is 445 g/mol. The Kier molecular flexibility index (Phi) is 7.28. The normalized spacial score (nSPS) is 14.3. The van der Waals surface area contributed by atoms with E-state index < -0.39 is 0 Å². The Morgan fingerprint density at radius 1 is 1.13 bits per heavy atom. The molecule has 2 heterocycles. The van der Waals surface area contributed by atoms with Crippen LogP contribution in [-0.2, 0) is 0 Å². The number of hydrogen-bond donors (Lipinski definition) is 0. The van der Waals surface area contributed by atoms with Crippen molar-refractivity contribution in [3.63, 3.8) is 0 Å². The molecule has 1 aliphatic rings. The van der Waals surface area contributed by atoms with Crippen molar-refractivity contribution in [3.8, 4) is 0 Å². The van der Waals surface area contributed by atoms with E-state index in [1.54, 1.807) is 18.0 Å². The summed E-state index contributed by atoms with van der Waals surface area (Å²) >= 11 is 0. The number of hydrogen-bond acceptors (Lipinski definition) is 4. The van der Waals surface area contributed by atoms with Crippen LogP contribution in [0.3, 0.4) is 0 Å². The van der Waals surface area contributed by atoms with Gasteiger partial charge in [-0.25, -0.2) is 4.39 Å². The highest BCUT2D eigenvalue weighted by Gasteiger charge is 2.25. The van der Waals surface area contributed by atoms with Gasteiger partial charge in [0.05, 0.1) is 5.39 Å². The summed E-state index contributed by atoms with van der Waals surface area (Å²) in [5, 5.41) is 4.66. The number of benzene rings is 2. The molecular weight excluding hydrogens is 421 g/mol. The Balaban J connectivity index is 0.00000272. The zero-order chi connectivity index (χ0) is 21.1. The van der Waals surface area contributed by atoms with Crippen molar-refractivity contribution in [2.75, 3.05) is 26.7 Å². The Bertz CT molecular complexity index is 1050. The zero-order valence-electron chi connectivity index (χ0n) is 17.3. The van der Waals surface area contributed by atoms with E-state index >= 15 is 0 Å². The first kappa shape index (κ1) is 22.7. The van der Waals surface area contributed by atoms with Crippen LogP contribution in [0.1, 0.15) is 40.1 Å². The molecule has 0 atom stereocenters. The van der Waals surface area contributed by atoms with Gasteiger partial charge >= 0.3 is 0 Å². The van der Waals surface area contributed by atoms with Gasteiger partial charge in [-0.05, 0) is 61.6 Å². The van der Waals surface area contributed by atoms with E-state index in [0.717, 1.165) is 24.6 Å². The predicted octanol–water partition coefficient (Wildman–Crippen LogP) is 4.40. The lowest BCUT2D eigenvalue weighted by Gasteiger charge is -2.32. The predicted molar refractivity (Wildman–Crippen MR) is 118 cm³/mol. The maximum atomic E-state index is 13.1. The van der Waals surface area contributed by atoms with Crippen LogP contribution < -0.4 is 0 Å². The third-order valence-electron chi connectivity index (χ3n) is 5.79. The number of para-hydroxylation sites is 1. The van der Waals surface area contributed by atoms with Crippen LogP contribution in [0.15, 0.2) is 53.1 Å². The van der Waals surface area contributed by atoms with Gasteiger partial charge in [-0.15, -0.1) is 12.4 Å². The summed E-state index contributed by atoms with van der Waals surface area (Å²) in [7, 11) is 1.78. The molecule has 8 heteroatoms. The van der Waals surface area contributed by atoms with Crippen LogP contribution in [0.5, 0.6) is 0 Å². The van der Waals surface area contributed by atoms with E-state index in [1.807, 2.05) is 23.1 Å².